The lowest BCUT2D eigenvalue weighted by Crippen LogP contribution is -2.55. The number of nitrogens with zero attached hydrogens (tertiary/aromatic N) is 1. The van der Waals surface area contributed by atoms with E-state index in [1.807, 2.05) is 0 Å². The zero-order valence-corrected chi connectivity index (χ0v) is 12.6. The van der Waals surface area contributed by atoms with Crippen molar-refractivity contribution in [2.45, 2.75) is 45.3 Å². The predicted molar refractivity (Wildman–Crippen MR) is 77.5 cm³/mol. The van der Waals surface area contributed by atoms with Crippen LogP contribution in [0.1, 0.15) is 33.1 Å². The van der Waals surface area contributed by atoms with E-state index in [0.29, 0.717) is 18.1 Å². The highest BCUT2D eigenvalue weighted by atomic mass is 16.5. The fourth-order valence-corrected chi connectivity index (χ4v) is 3.22. The van der Waals surface area contributed by atoms with Gasteiger partial charge in [-0.05, 0) is 38.3 Å². The first kappa shape index (κ1) is 15.2. The minimum Gasteiger partial charge on any atom is -0.381 e. The molecule has 0 aromatic rings. The number of likely N-dealkylation sites (N-methyl/N-ethyl adjacent to an activating group) is 1. The summed E-state index contributed by atoms with van der Waals surface area (Å²) >= 11 is 0. The summed E-state index contributed by atoms with van der Waals surface area (Å²) < 4.78 is 11.6. The van der Waals surface area contributed by atoms with Gasteiger partial charge in [-0.15, -0.1) is 0 Å². The van der Waals surface area contributed by atoms with Crippen molar-refractivity contribution in [2.75, 3.05) is 46.0 Å². The van der Waals surface area contributed by atoms with Gasteiger partial charge in [0.25, 0.3) is 0 Å². The Hall–Kier alpha value is -0.160. The maximum Gasteiger partial charge on any atom is 0.0857 e. The molecule has 2 heterocycles. The third-order valence-electron chi connectivity index (χ3n) is 4.43. The van der Waals surface area contributed by atoms with Crippen molar-refractivity contribution < 1.29 is 9.47 Å². The minimum atomic E-state index is 0.350. The Morgan fingerprint density at radius 1 is 1.21 bits per heavy atom. The van der Waals surface area contributed by atoms with Crippen LogP contribution in [0.15, 0.2) is 0 Å². The Morgan fingerprint density at radius 3 is 2.68 bits per heavy atom. The van der Waals surface area contributed by atoms with Crippen LogP contribution in [-0.4, -0.2) is 63.0 Å². The van der Waals surface area contributed by atoms with Crippen LogP contribution in [0, 0.1) is 5.92 Å². The molecular formula is C15H30N2O2. The zero-order chi connectivity index (χ0) is 13.5. The molecule has 2 fully saturated rings. The van der Waals surface area contributed by atoms with Crippen LogP contribution in [0.4, 0.5) is 0 Å². The highest BCUT2D eigenvalue weighted by Crippen LogP contribution is 2.24. The van der Waals surface area contributed by atoms with E-state index in [9.17, 15) is 0 Å². The van der Waals surface area contributed by atoms with Gasteiger partial charge in [-0.25, -0.2) is 0 Å². The molecule has 2 unspecified atom stereocenters. The summed E-state index contributed by atoms with van der Waals surface area (Å²) in [4.78, 5) is 2.51. The second-order valence-electron chi connectivity index (χ2n) is 5.73. The van der Waals surface area contributed by atoms with Gasteiger partial charge in [0, 0.05) is 32.3 Å². The monoisotopic (exact) mass is 270 g/mol. The van der Waals surface area contributed by atoms with Gasteiger partial charge in [-0.2, -0.15) is 0 Å². The third-order valence-corrected chi connectivity index (χ3v) is 4.43. The predicted octanol–water partition coefficient (Wildman–Crippen LogP) is 1.50. The van der Waals surface area contributed by atoms with Gasteiger partial charge in [-0.3, -0.25) is 4.90 Å². The third kappa shape index (κ3) is 4.42. The van der Waals surface area contributed by atoms with Crippen LogP contribution in [0.25, 0.3) is 0 Å². The first-order chi connectivity index (χ1) is 9.35. The molecule has 0 aromatic heterocycles. The first-order valence-electron chi connectivity index (χ1n) is 8.00. The second-order valence-corrected chi connectivity index (χ2v) is 5.73. The van der Waals surface area contributed by atoms with Crippen LogP contribution in [-0.2, 0) is 9.47 Å². The van der Waals surface area contributed by atoms with Gasteiger partial charge < -0.3 is 14.8 Å². The van der Waals surface area contributed by atoms with Crippen molar-refractivity contribution in [3.05, 3.63) is 0 Å². The van der Waals surface area contributed by atoms with Gasteiger partial charge in [0.1, 0.15) is 0 Å². The van der Waals surface area contributed by atoms with E-state index in [2.05, 4.69) is 24.1 Å². The average molecular weight is 270 g/mol. The Bertz CT molecular complexity index is 244. The van der Waals surface area contributed by atoms with E-state index in [-0.39, 0.29) is 0 Å². The molecular weight excluding hydrogens is 240 g/mol. The summed E-state index contributed by atoms with van der Waals surface area (Å²) in [5.74, 6) is 0.710. The van der Waals surface area contributed by atoms with Gasteiger partial charge in [0.2, 0.25) is 0 Å². The fourth-order valence-electron chi connectivity index (χ4n) is 3.22. The molecule has 2 aliphatic heterocycles. The van der Waals surface area contributed by atoms with Crippen molar-refractivity contribution in [1.29, 1.82) is 0 Å². The van der Waals surface area contributed by atoms with Gasteiger partial charge in [-0.1, -0.05) is 13.8 Å². The largest absolute Gasteiger partial charge is 0.381 e. The van der Waals surface area contributed by atoms with Gasteiger partial charge in [0.05, 0.1) is 12.7 Å². The number of hydrogen-bond acceptors (Lipinski definition) is 4. The van der Waals surface area contributed by atoms with E-state index < -0.39 is 0 Å². The van der Waals surface area contributed by atoms with Crippen LogP contribution >= 0.6 is 0 Å². The molecule has 0 aromatic carbocycles. The van der Waals surface area contributed by atoms with Crippen molar-refractivity contribution in [3.63, 3.8) is 0 Å². The molecule has 2 aliphatic rings. The number of nitrogens with one attached hydrogen (secondary N) is 1. The molecule has 0 bridgehead atoms. The lowest BCUT2D eigenvalue weighted by atomic mass is 9.87. The van der Waals surface area contributed by atoms with Crippen molar-refractivity contribution in [1.82, 2.24) is 10.2 Å². The molecule has 0 spiro atoms. The summed E-state index contributed by atoms with van der Waals surface area (Å²) in [6.07, 6.45) is 3.88. The van der Waals surface area contributed by atoms with Crippen LogP contribution in [0.3, 0.4) is 0 Å². The SMILES string of the molecule is CCCNC(C1CCOCC1)C1CN(CC)CCO1. The Balaban J connectivity index is 1.94. The van der Waals surface area contributed by atoms with E-state index in [0.717, 1.165) is 46.0 Å². The first-order valence-corrected chi connectivity index (χ1v) is 8.00. The summed E-state index contributed by atoms with van der Waals surface area (Å²) in [7, 11) is 0. The molecule has 0 radical (unpaired) electrons. The van der Waals surface area contributed by atoms with E-state index in [4.69, 9.17) is 9.47 Å². The molecule has 1 N–H and O–H groups in total. The number of hydrogen-bond donors (Lipinski definition) is 1. The van der Waals surface area contributed by atoms with Gasteiger partial charge >= 0.3 is 0 Å². The molecule has 19 heavy (non-hydrogen) atoms. The summed E-state index contributed by atoms with van der Waals surface area (Å²) in [5.41, 5.74) is 0. The molecule has 0 aliphatic carbocycles. The summed E-state index contributed by atoms with van der Waals surface area (Å²) in [6, 6.07) is 0.498. The Labute approximate surface area is 117 Å². The Morgan fingerprint density at radius 2 is 2.00 bits per heavy atom. The summed E-state index contributed by atoms with van der Waals surface area (Å²) in [5, 5.41) is 3.75. The Kier molecular flexibility index (Phi) is 6.57. The smallest absolute Gasteiger partial charge is 0.0857 e. The molecule has 2 atom stereocenters. The normalized spacial score (nSPS) is 28.4. The highest BCUT2D eigenvalue weighted by Gasteiger charge is 2.33. The second kappa shape index (κ2) is 8.20. The van der Waals surface area contributed by atoms with E-state index in [1.54, 1.807) is 0 Å². The van der Waals surface area contributed by atoms with E-state index in [1.165, 1.54) is 19.3 Å². The van der Waals surface area contributed by atoms with Crippen molar-refractivity contribution >= 4 is 0 Å². The molecule has 0 amide bonds. The number of rotatable bonds is 6. The fraction of sp³-hybridized carbons (Fsp3) is 1.00. The highest BCUT2D eigenvalue weighted by molar-refractivity contribution is 4.88. The van der Waals surface area contributed by atoms with E-state index >= 15 is 0 Å². The quantitative estimate of drug-likeness (QED) is 0.793. The van der Waals surface area contributed by atoms with Crippen molar-refractivity contribution in [2.24, 2.45) is 5.92 Å². The molecule has 2 saturated heterocycles. The summed E-state index contributed by atoms with van der Waals surface area (Å²) in [6.45, 7) is 11.6. The standard InChI is InChI=1S/C15H30N2O2/c1-3-7-16-15(13-5-9-18-10-6-13)14-12-17(4-2)8-11-19-14/h13-16H,3-12H2,1-2H3. The van der Waals surface area contributed by atoms with Crippen LogP contribution in [0.2, 0.25) is 0 Å². The zero-order valence-electron chi connectivity index (χ0n) is 12.6. The van der Waals surface area contributed by atoms with Crippen LogP contribution < -0.4 is 5.32 Å². The maximum absolute atomic E-state index is 6.08. The lowest BCUT2D eigenvalue weighted by Gasteiger charge is -2.41. The molecule has 0 saturated carbocycles. The van der Waals surface area contributed by atoms with Crippen molar-refractivity contribution in [3.8, 4) is 0 Å². The molecule has 2 rings (SSSR count). The maximum atomic E-state index is 6.08. The minimum absolute atomic E-state index is 0.350. The number of morpholine rings is 1. The topological polar surface area (TPSA) is 33.7 Å². The van der Waals surface area contributed by atoms with Gasteiger partial charge in [0.15, 0.2) is 0 Å². The molecule has 112 valence electrons. The molecule has 4 nitrogen and oxygen atoms in total. The van der Waals surface area contributed by atoms with Crippen LogP contribution in [0.5, 0.6) is 0 Å². The lowest BCUT2D eigenvalue weighted by molar-refractivity contribution is -0.0659. The number of ether oxygens (including phenoxy) is 2. The average Bonchev–Trinajstić information content (AvgIpc) is 2.49. The molecule has 4 heteroatoms.